The maximum atomic E-state index is 12.2. The van der Waals surface area contributed by atoms with Gasteiger partial charge in [0, 0.05) is 30.4 Å². The van der Waals surface area contributed by atoms with E-state index in [1.165, 1.54) is 12.1 Å². The number of anilines is 1. The van der Waals surface area contributed by atoms with E-state index >= 15 is 0 Å². The van der Waals surface area contributed by atoms with Crippen molar-refractivity contribution in [2.24, 2.45) is 0 Å². The first-order chi connectivity index (χ1) is 9.39. The number of nitrogens with one attached hydrogen (secondary N) is 1. The Kier molecular flexibility index (Phi) is 4.42. The lowest BCUT2D eigenvalue weighted by Gasteiger charge is -2.39. The molecule has 0 bridgehead atoms. The molecule has 0 aliphatic carbocycles. The summed E-state index contributed by atoms with van der Waals surface area (Å²) in [5.41, 5.74) is 0.772. The van der Waals surface area contributed by atoms with Crippen LogP contribution in [0.4, 0.5) is 18.9 Å². The highest BCUT2D eigenvalue weighted by atomic mass is 19.4. The number of nitrogens with zero attached hydrogens (tertiary/aromatic N) is 1. The van der Waals surface area contributed by atoms with Crippen molar-refractivity contribution in [3.8, 4) is 5.75 Å². The molecule has 0 saturated carbocycles. The molecule has 1 aromatic carbocycles. The Morgan fingerprint density at radius 2 is 2.10 bits per heavy atom. The fourth-order valence-electron chi connectivity index (χ4n) is 2.68. The first-order valence-electron chi connectivity index (χ1n) is 6.69. The van der Waals surface area contributed by atoms with Crippen LogP contribution in [0.5, 0.6) is 5.75 Å². The highest BCUT2D eigenvalue weighted by Crippen LogP contribution is 2.30. The van der Waals surface area contributed by atoms with E-state index in [0.717, 1.165) is 25.1 Å². The van der Waals surface area contributed by atoms with Crippen molar-refractivity contribution < 1.29 is 17.9 Å². The molecule has 1 aromatic rings. The Bertz CT molecular complexity index is 450. The standard InChI is InChI=1S/C14H19F3N2O/c1-10-8-11(18-2)6-7-19(10)12-4-3-5-13(9-12)20-14(15,16)17/h3-5,9-11,18H,6-8H2,1-2H3. The van der Waals surface area contributed by atoms with Gasteiger partial charge in [-0.25, -0.2) is 0 Å². The van der Waals surface area contributed by atoms with Crippen molar-refractivity contribution in [2.45, 2.75) is 38.2 Å². The monoisotopic (exact) mass is 288 g/mol. The molecular formula is C14H19F3N2O. The maximum absolute atomic E-state index is 12.2. The van der Waals surface area contributed by atoms with E-state index in [2.05, 4.69) is 21.9 Å². The lowest BCUT2D eigenvalue weighted by atomic mass is 9.98. The fraction of sp³-hybridized carbons (Fsp3) is 0.571. The van der Waals surface area contributed by atoms with Gasteiger partial charge in [-0.3, -0.25) is 0 Å². The largest absolute Gasteiger partial charge is 0.573 e. The van der Waals surface area contributed by atoms with Crippen LogP contribution in [0.3, 0.4) is 0 Å². The Balaban J connectivity index is 2.11. The first-order valence-corrected chi connectivity index (χ1v) is 6.69. The number of benzene rings is 1. The number of hydrogen-bond acceptors (Lipinski definition) is 3. The van der Waals surface area contributed by atoms with Crippen LogP contribution in [0, 0.1) is 0 Å². The van der Waals surface area contributed by atoms with E-state index in [0.29, 0.717) is 6.04 Å². The average Bonchev–Trinajstić information content (AvgIpc) is 2.36. The molecule has 0 amide bonds. The number of halogens is 3. The molecule has 20 heavy (non-hydrogen) atoms. The van der Waals surface area contributed by atoms with Crippen molar-refractivity contribution in [1.82, 2.24) is 5.32 Å². The number of piperidine rings is 1. The second kappa shape index (κ2) is 5.91. The summed E-state index contributed by atoms with van der Waals surface area (Å²) in [5.74, 6) is -0.169. The third kappa shape index (κ3) is 3.79. The van der Waals surface area contributed by atoms with E-state index in [-0.39, 0.29) is 11.8 Å². The summed E-state index contributed by atoms with van der Waals surface area (Å²) >= 11 is 0. The van der Waals surface area contributed by atoms with Gasteiger partial charge in [-0.15, -0.1) is 13.2 Å². The van der Waals surface area contributed by atoms with Gasteiger partial charge in [-0.2, -0.15) is 0 Å². The molecule has 6 heteroatoms. The van der Waals surface area contributed by atoms with Crippen molar-refractivity contribution in [3.63, 3.8) is 0 Å². The minimum atomic E-state index is -4.65. The van der Waals surface area contributed by atoms with Gasteiger partial charge in [0.25, 0.3) is 0 Å². The molecule has 1 fully saturated rings. The lowest BCUT2D eigenvalue weighted by Crippen LogP contribution is -2.46. The van der Waals surface area contributed by atoms with Crippen LogP contribution >= 0.6 is 0 Å². The Morgan fingerprint density at radius 3 is 2.70 bits per heavy atom. The quantitative estimate of drug-likeness (QED) is 0.924. The zero-order chi connectivity index (χ0) is 14.8. The minimum absolute atomic E-state index is 0.169. The Hall–Kier alpha value is -1.43. The smallest absolute Gasteiger partial charge is 0.406 e. The molecule has 0 spiro atoms. The number of hydrogen-bond donors (Lipinski definition) is 1. The highest BCUT2D eigenvalue weighted by Gasteiger charge is 2.31. The predicted molar refractivity (Wildman–Crippen MR) is 72.0 cm³/mol. The summed E-state index contributed by atoms with van der Waals surface area (Å²) in [4.78, 5) is 2.12. The molecule has 0 radical (unpaired) electrons. The molecule has 1 N–H and O–H groups in total. The van der Waals surface area contributed by atoms with Crippen LogP contribution in [-0.4, -0.2) is 32.0 Å². The molecule has 1 saturated heterocycles. The van der Waals surface area contributed by atoms with E-state index in [1.807, 2.05) is 13.1 Å². The van der Waals surface area contributed by atoms with Gasteiger partial charge in [0.1, 0.15) is 5.75 Å². The summed E-state index contributed by atoms with van der Waals surface area (Å²) in [6.45, 7) is 2.91. The van der Waals surface area contributed by atoms with Crippen molar-refractivity contribution in [3.05, 3.63) is 24.3 Å². The molecule has 1 aliphatic heterocycles. The van der Waals surface area contributed by atoms with Crippen LogP contribution in [-0.2, 0) is 0 Å². The summed E-state index contributed by atoms with van der Waals surface area (Å²) in [5, 5.41) is 3.25. The van der Waals surface area contributed by atoms with Gasteiger partial charge in [0.2, 0.25) is 0 Å². The average molecular weight is 288 g/mol. The number of rotatable bonds is 3. The molecule has 2 rings (SSSR count). The van der Waals surface area contributed by atoms with E-state index in [4.69, 9.17) is 0 Å². The minimum Gasteiger partial charge on any atom is -0.406 e. The predicted octanol–water partition coefficient (Wildman–Crippen LogP) is 3.16. The zero-order valence-electron chi connectivity index (χ0n) is 11.6. The SMILES string of the molecule is CNC1CCN(c2cccc(OC(F)(F)F)c2)C(C)C1. The van der Waals surface area contributed by atoms with Crippen LogP contribution in [0.15, 0.2) is 24.3 Å². The molecule has 1 aliphatic rings. The van der Waals surface area contributed by atoms with Gasteiger partial charge in [-0.1, -0.05) is 6.07 Å². The normalized spacial score (nSPS) is 23.8. The van der Waals surface area contributed by atoms with Gasteiger partial charge in [-0.05, 0) is 38.9 Å². The van der Waals surface area contributed by atoms with Gasteiger partial charge in [0.15, 0.2) is 0 Å². The van der Waals surface area contributed by atoms with Crippen LogP contribution < -0.4 is 15.0 Å². The second-order valence-electron chi connectivity index (χ2n) is 5.10. The lowest BCUT2D eigenvalue weighted by molar-refractivity contribution is -0.274. The van der Waals surface area contributed by atoms with Gasteiger partial charge >= 0.3 is 6.36 Å². The molecule has 112 valence electrons. The maximum Gasteiger partial charge on any atom is 0.573 e. The number of alkyl halides is 3. The third-order valence-corrected chi connectivity index (χ3v) is 3.67. The third-order valence-electron chi connectivity index (χ3n) is 3.67. The van der Waals surface area contributed by atoms with E-state index in [9.17, 15) is 13.2 Å². The molecular weight excluding hydrogens is 269 g/mol. The molecule has 0 aromatic heterocycles. The molecule has 3 nitrogen and oxygen atoms in total. The summed E-state index contributed by atoms with van der Waals surface area (Å²) in [6.07, 6.45) is -2.70. The molecule has 2 atom stereocenters. The summed E-state index contributed by atoms with van der Waals surface area (Å²) < 4.78 is 40.7. The van der Waals surface area contributed by atoms with Gasteiger partial charge < -0.3 is 15.0 Å². The Labute approximate surface area is 116 Å². The highest BCUT2D eigenvalue weighted by molar-refractivity contribution is 5.52. The molecule has 1 heterocycles. The summed E-state index contributed by atoms with van der Waals surface area (Å²) in [7, 11) is 1.94. The summed E-state index contributed by atoms with van der Waals surface area (Å²) in [6, 6.07) is 6.93. The van der Waals surface area contributed by atoms with Crippen LogP contribution in [0.25, 0.3) is 0 Å². The van der Waals surface area contributed by atoms with Crippen molar-refractivity contribution in [1.29, 1.82) is 0 Å². The van der Waals surface area contributed by atoms with Crippen LogP contribution in [0.2, 0.25) is 0 Å². The van der Waals surface area contributed by atoms with E-state index < -0.39 is 6.36 Å². The van der Waals surface area contributed by atoms with Crippen molar-refractivity contribution >= 4 is 5.69 Å². The van der Waals surface area contributed by atoms with Crippen LogP contribution in [0.1, 0.15) is 19.8 Å². The van der Waals surface area contributed by atoms with E-state index in [1.54, 1.807) is 6.07 Å². The zero-order valence-corrected chi connectivity index (χ0v) is 11.6. The number of ether oxygens (including phenoxy) is 1. The molecule has 2 unspecified atom stereocenters. The van der Waals surface area contributed by atoms with Gasteiger partial charge in [0.05, 0.1) is 0 Å². The Morgan fingerprint density at radius 1 is 1.35 bits per heavy atom. The topological polar surface area (TPSA) is 24.5 Å². The van der Waals surface area contributed by atoms with Crippen molar-refractivity contribution in [2.75, 3.05) is 18.5 Å². The fourth-order valence-corrected chi connectivity index (χ4v) is 2.68. The first kappa shape index (κ1) is 15.0. The second-order valence-corrected chi connectivity index (χ2v) is 5.10.